The van der Waals surface area contributed by atoms with Crippen LogP contribution in [0.3, 0.4) is 0 Å². The second-order valence-electron chi connectivity index (χ2n) is 4.59. The van der Waals surface area contributed by atoms with Crippen molar-refractivity contribution in [3.05, 3.63) is 56.5 Å². The van der Waals surface area contributed by atoms with Crippen molar-refractivity contribution < 1.29 is 9.18 Å². The molecule has 0 aliphatic heterocycles. The highest BCUT2D eigenvalue weighted by Gasteiger charge is 2.10. The van der Waals surface area contributed by atoms with Gasteiger partial charge in [-0.3, -0.25) is 4.79 Å². The van der Waals surface area contributed by atoms with Crippen LogP contribution in [-0.4, -0.2) is 5.91 Å². The Morgan fingerprint density at radius 3 is 2.53 bits per heavy atom. The molecule has 2 nitrogen and oxygen atoms in total. The summed E-state index contributed by atoms with van der Waals surface area (Å²) in [5.74, 6) is -0.486. The van der Waals surface area contributed by atoms with Gasteiger partial charge in [-0.25, -0.2) is 4.39 Å². The lowest BCUT2D eigenvalue weighted by Crippen LogP contribution is -2.23. The van der Waals surface area contributed by atoms with Crippen LogP contribution in [0.15, 0.2) is 24.3 Å². The van der Waals surface area contributed by atoms with Gasteiger partial charge in [0.1, 0.15) is 5.82 Å². The van der Waals surface area contributed by atoms with Crippen LogP contribution in [0.2, 0.25) is 0 Å². The summed E-state index contributed by atoms with van der Waals surface area (Å²) < 4.78 is 13.0. The molecule has 0 atom stereocenters. The minimum absolute atomic E-state index is 0.166. The molecule has 0 radical (unpaired) electrons. The molecule has 4 heteroatoms. The highest BCUT2D eigenvalue weighted by Crippen LogP contribution is 2.20. The smallest absolute Gasteiger partial charge is 0.251 e. The molecule has 0 spiro atoms. The van der Waals surface area contributed by atoms with Gasteiger partial charge in [-0.15, -0.1) is 11.3 Å². The molecule has 0 saturated carbocycles. The lowest BCUT2D eigenvalue weighted by molar-refractivity contribution is 0.0950. The predicted molar refractivity (Wildman–Crippen MR) is 76.1 cm³/mol. The third kappa shape index (κ3) is 3.20. The van der Waals surface area contributed by atoms with Crippen LogP contribution in [0.5, 0.6) is 0 Å². The van der Waals surface area contributed by atoms with Crippen molar-refractivity contribution in [3.8, 4) is 0 Å². The Bertz CT molecular complexity index is 599. The third-order valence-corrected chi connectivity index (χ3v) is 4.23. The van der Waals surface area contributed by atoms with Gasteiger partial charge >= 0.3 is 0 Å². The van der Waals surface area contributed by atoms with Crippen molar-refractivity contribution in [1.29, 1.82) is 0 Å². The second kappa shape index (κ2) is 5.53. The molecule has 0 fully saturated rings. The third-order valence-electron chi connectivity index (χ3n) is 3.07. The molecule has 1 aromatic heterocycles. The summed E-state index contributed by atoms with van der Waals surface area (Å²) in [5.41, 5.74) is 2.41. The first-order valence-corrected chi connectivity index (χ1v) is 6.89. The van der Waals surface area contributed by atoms with Crippen molar-refractivity contribution in [2.24, 2.45) is 0 Å². The van der Waals surface area contributed by atoms with Gasteiger partial charge in [0.2, 0.25) is 0 Å². The van der Waals surface area contributed by atoms with E-state index in [1.54, 1.807) is 18.3 Å². The lowest BCUT2D eigenvalue weighted by atomic mass is 10.1. The summed E-state index contributed by atoms with van der Waals surface area (Å²) in [5, 5.41) is 2.87. The number of halogens is 1. The topological polar surface area (TPSA) is 29.1 Å². The second-order valence-corrected chi connectivity index (χ2v) is 5.93. The Morgan fingerprint density at radius 2 is 1.95 bits per heavy atom. The van der Waals surface area contributed by atoms with Crippen LogP contribution in [0.4, 0.5) is 4.39 Å². The van der Waals surface area contributed by atoms with E-state index in [9.17, 15) is 9.18 Å². The van der Waals surface area contributed by atoms with E-state index in [2.05, 4.69) is 25.2 Å². The van der Waals surface area contributed by atoms with Gasteiger partial charge in [-0.2, -0.15) is 0 Å². The van der Waals surface area contributed by atoms with Gasteiger partial charge in [0.15, 0.2) is 0 Å². The Morgan fingerprint density at radius 1 is 1.21 bits per heavy atom. The van der Waals surface area contributed by atoms with Gasteiger partial charge in [0.05, 0.1) is 6.54 Å². The van der Waals surface area contributed by atoms with E-state index in [0.717, 1.165) is 4.88 Å². The Balaban J connectivity index is 2.05. The summed E-state index contributed by atoms with van der Waals surface area (Å²) >= 11 is 1.68. The maximum atomic E-state index is 13.0. The number of thiophene rings is 1. The molecule has 1 N–H and O–H groups in total. The Hall–Kier alpha value is -1.68. The van der Waals surface area contributed by atoms with E-state index >= 15 is 0 Å². The molecule has 2 rings (SSSR count). The van der Waals surface area contributed by atoms with Gasteiger partial charge in [-0.1, -0.05) is 0 Å². The standard InChI is InChI=1S/C15H16FNOS/c1-9-7-13(19-11(9)3)8-17-15(18)14-5-4-12(16)6-10(14)2/h4-7H,8H2,1-3H3,(H,17,18). The fourth-order valence-electron chi connectivity index (χ4n) is 1.88. The van der Waals surface area contributed by atoms with Crippen molar-refractivity contribution in [3.63, 3.8) is 0 Å². The Labute approximate surface area is 116 Å². The average molecular weight is 277 g/mol. The highest BCUT2D eigenvalue weighted by atomic mass is 32.1. The SMILES string of the molecule is Cc1cc(F)ccc1C(=O)NCc1cc(C)c(C)s1. The molecule has 0 unspecified atom stereocenters. The van der Waals surface area contributed by atoms with E-state index in [-0.39, 0.29) is 11.7 Å². The van der Waals surface area contributed by atoms with Crippen molar-refractivity contribution in [2.45, 2.75) is 27.3 Å². The number of aryl methyl sites for hydroxylation is 3. The number of carbonyl (C=O) groups is 1. The van der Waals surface area contributed by atoms with Crippen LogP contribution >= 0.6 is 11.3 Å². The number of benzene rings is 1. The molecule has 19 heavy (non-hydrogen) atoms. The largest absolute Gasteiger partial charge is 0.347 e. The van der Waals surface area contributed by atoms with E-state index in [4.69, 9.17) is 0 Å². The number of hydrogen-bond donors (Lipinski definition) is 1. The fourth-order valence-corrected chi connectivity index (χ4v) is 2.87. The zero-order chi connectivity index (χ0) is 14.0. The molecule has 1 heterocycles. The molecule has 0 aliphatic rings. The van der Waals surface area contributed by atoms with Gasteiger partial charge < -0.3 is 5.32 Å². The Kier molecular flexibility index (Phi) is 4.00. The zero-order valence-corrected chi connectivity index (χ0v) is 12.0. The zero-order valence-electron chi connectivity index (χ0n) is 11.2. The van der Waals surface area contributed by atoms with Gasteiger partial charge in [-0.05, 0) is 56.2 Å². The minimum atomic E-state index is -0.321. The summed E-state index contributed by atoms with van der Waals surface area (Å²) in [6, 6.07) is 6.28. The van der Waals surface area contributed by atoms with Crippen LogP contribution in [0, 0.1) is 26.6 Å². The molecule has 2 aromatic rings. The van der Waals surface area contributed by atoms with Crippen molar-refractivity contribution in [2.75, 3.05) is 0 Å². The molecule has 0 bridgehead atoms. The quantitative estimate of drug-likeness (QED) is 0.909. The lowest BCUT2D eigenvalue weighted by Gasteiger charge is -2.06. The minimum Gasteiger partial charge on any atom is -0.347 e. The first-order chi connectivity index (χ1) is 8.97. The van der Waals surface area contributed by atoms with E-state index in [0.29, 0.717) is 17.7 Å². The maximum Gasteiger partial charge on any atom is 0.251 e. The molecular weight excluding hydrogens is 261 g/mol. The molecule has 1 amide bonds. The summed E-state index contributed by atoms with van der Waals surface area (Å²) in [7, 11) is 0. The van der Waals surface area contributed by atoms with E-state index in [1.165, 1.54) is 28.6 Å². The van der Waals surface area contributed by atoms with Crippen LogP contribution in [-0.2, 0) is 6.54 Å². The van der Waals surface area contributed by atoms with Crippen LogP contribution in [0.25, 0.3) is 0 Å². The normalized spacial score (nSPS) is 10.5. The van der Waals surface area contributed by atoms with Gasteiger partial charge in [0, 0.05) is 15.3 Å². The molecule has 1 aromatic carbocycles. The van der Waals surface area contributed by atoms with Gasteiger partial charge in [0.25, 0.3) is 5.91 Å². The summed E-state index contributed by atoms with van der Waals surface area (Å²) in [6.45, 7) is 6.36. The van der Waals surface area contributed by atoms with Crippen LogP contribution < -0.4 is 5.32 Å². The maximum absolute atomic E-state index is 13.0. The van der Waals surface area contributed by atoms with E-state index in [1.807, 2.05) is 0 Å². The van der Waals surface area contributed by atoms with Crippen molar-refractivity contribution in [1.82, 2.24) is 5.32 Å². The molecule has 0 aliphatic carbocycles. The summed E-state index contributed by atoms with van der Waals surface area (Å²) in [4.78, 5) is 14.4. The number of carbonyl (C=O) groups excluding carboxylic acids is 1. The molecule has 0 saturated heterocycles. The average Bonchev–Trinajstić information content (AvgIpc) is 2.66. The molecular formula is C15H16FNOS. The number of nitrogens with one attached hydrogen (secondary N) is 1. The highest BCUT2D eigenvalue weighted by molar-refractivity contribution is 7.12. The summed E-state index contributed by atoms with van der Waals surface area (Å²) in [6.07, 6.45) is 0. The number of hydrogen-bond acceptors (Lipinski definition) is 2. The monoisotopic (exact) mass is 277 g/mol. The first-order valence-electron chi connectivity index (χ1n) is 6.07. The number of rotatable bonds is 3. The van der Waals surface area contributed by atoms with E-state index < -0.39 is 0 Å². The van der Waals surface area contributed by atoms with Crippen LogP contribution in [0.1, 0.15) is 31.2 Å². The van der Waals surface area contributed by atoms with Crippen molar-refractivity contribution >= 4 is 17.2 Å². The fraction of sp³-hybridized carbons (Fsp3) is 0.267. The predicted octanol–water partition coefficient (Wildman–Crippen LogP) is 3.74. The first kappa shape index (κ1) is 13.7. The number of amides is 1. The molecule has 100 valence electrons.